The maximum absolute atomic E-state index is 14.2. The number of hydrogen-bond donors (Lipinski definition) is 1. The fraction of sp³-hybridized carbons (Fsp3) is 0.800. The minimum absolute atomic E-state index is 0.0849. The molecule has 0 aliphatic carbocycles. The standard InChI is InChI=1S/C15H28FN3/c1-5-13(6-2)19-8-7-12(18-19)9-15(16)14(10-17)11(3)4/h7-8,11,13-15H,5-6,9-10,17H2,1-4H3. The van der Waals surface area contributed by atoms with E-state index in [0.29, 0.717) is 19.0 Å². The highest BCUT2D eigenvalue weighted by Crippen LogP contribution is 2.21. The number of aromatic nitrogens is 2. The van der Waals surface area contributed by atoms with Gasteiger partial charge in [0, 0.05) is 18.5 Å². The van der Waals surface area contributed by atoms with E-state index < -0.39 is 6.17 Å². The van der Waals surface area contributed by atoms with E-state index in [-0.39, 0.29) is 11.8 Å². The summed E-state index contributed by atoms with van der Waals surface area (Å²) in [6, 6.07) is 2.35. The van der Waals surface area contributed by atoms with Crippen molar-refractivity contribution in [1.82, 2.24) is 9.78 Å². The molecular weight excluding hydrogens is 241 g/mol. The summed E-state index contributed by atoms with van der Waals surface area (Å²) in [6.45, 7) is 8.74. The van der Waals surface area contributed by atoms with E-state index >= 15 is 0 Å². The van der Waals surface area contributed by atoms with Crippen LogP contribution in [0.3, 0.4) is 0 Å². The Kier molecular flexibility index (Phi) is 6.49. The maximum Gasteiger partial charge on any atom is 0.110 e. The van der Waals surface area contributed by atoms with Gasteiger partial charge >= 0.3 is 0 Å². The normalized spacial score (nSPS) is 15.2. The van der Waals surface area contributed by atoms with Crippen molar-refractivity contribution in [2.75, 3.05) is 6.54 Å². The van der Waals surface area contributed by atoms with Crippen LogP contribution in [0, 0.1) is 11.8 Å². The summed E-state index contributed by atoms with van der Waals surface area (Å²) < 4.78 is 16.2. The average molecular weight is 269 g/mol. The van der Waals surface area contributed by atoms with Gasteiger partial charge in [0.25, 0.3) is 0 Å². The molecule has 0 saturated heterocycles. The van der Waals surface area contributed by atoms with Crippen LogP contribution in [-0.4, -0.2) is 22.5 Å². The molecule has 0 amide bonds. The van der Waals surface area contributed by atoms with Gasteiger partial charge in [0.15, 0.2) is 0 Å². The predicted octanol–water partition coefficient (Wildman–Crippen LogP) is 3.36. The zero-order valence-electron chi connectivity index (χ0n) is 12.6. The first-order valence-corrected chi connectivity index (χ1v) is 7.41. The summed E-state index contributed by atoms with van der Waals surface area (Å²) in [4.78, 5) is 0. The van der Waals surface area contributed by atoms with Crippen molar-refractivity contribution in [2.24, 2.45) is 17.6 Å². The van der Waals surface area contributed by atoms with Crippen LogP contribution in [0.2, 0.25) is 0 Å². The highest BCUT2D eigenvalue weighted by molar-refractivity contribution is 5.02. The summed E-state index contributed by atoms with van der Waals surface area (Å²) in [7, 11) is 0. The number of halogens is 1. The monoisotopic (exact) mass is 269 g/mol. The van der Waals surface area contributed by atoms with Crippen LogP contribution in [0.1, 0.15) is 52.3 Å². The molecule has 1 aromatic heterocycles. The van der Waals surface area contributed by atoms with E-state index in [1.165, 1.54) is 0 Å². The minimum atomic E-state index is -0.907. The SMILES string of the molecule is CCC(CC)n1ccc(CC(F)C(CN)C(C)C)n1. The van der Waals surface area contributed by atoms with Gasteiger partial charge < -0.3 is 5.73 Å². The molecule has 4 heteroatoms. The van der Waals surface area contributed by atoms with Crippen LogP contribution in [-0.2, 0) is 6.42 Å². The summed E-state index contributed by atoms with van der Waals surface area (Å²) >= 11 is 0. The second kappa shape index (κ2) is 7.63. The Morgan fingerprint density at radius 2 is 1.95 bits per heavy atom. The van der Waals surface area contributed by atoms with Gasteiger partial charge in [0.05, 0.1) is 11.7 Å². The molecule has 0 aromatic carbocycles. The molecule has 110 valence electrons. The van der Waals surface area contributed by atoms with E-state index in [4.69, 9.17) is 5.73 Å². The van der Waals surface area contributed by atoms with Gasteiger partial charge in [-0.15, -0.1) is 0 Å². The molecule has 0 spiro atoms. The Labute approximate surface area is 116 Å². The zero-order chi connectivity index (χ0) is 14.4. The van der Waals surface area contributed by atoms with Gasteiger partial charge in [-0.25, -0.2) is 4.39 Å². The van der Waals surface area contributed by atoms with Crippen LogP contribution in [0.25, 0.3) is 0 Å². The molecule has 0 fully saturated rings. The molecular formula is C15H28FN3. The molecule has 0 bridgehead atoms. The third kappa shape index (κ3) is 4.30. The molecule has 1 rings (SSSR count). The van der Waals surface area contributed by atoms with Crippen molar-refractivity contribution in [1.29, 1.82) is 0 Å². The Balaban J connectivity index is 2.67. The minimum Gasteiger partial charge on any atom is -0.330 e. The fourth-order valence-corrected chi connectivity index (χ4v) is 2.54. The van der Waals surface area contributed by atoms with Crippen molar-refractivity contribution in [2.45, 2.75) is 59.2 Å². The van der Waals surface area contributed by atoms with Crippen molar-refractivity contribution < 1.29 is 4.39 Å². The van der Waals surface area contributed by atoms with Gasteiger partial charge in [-0.05, 0) is 31.4 Å². The third-order valence-electron chi connectivity index (χ3n) is 3.98. The van der Waals surface area contributed by atoms with Crippen molar-refractivity contribution in [3.8, 4) is 0 Å². The van der Waals surface area contributed by atoms with Crippen LogP contribution < -0.4 is 5.73 Å². The van der Waals surface area contributed by atoms with Crippen molar-refractivity contribution in [3.05, 3.63) is 18.0 Å². The predicted molar refractivity (Wildman–Crippen MR) is 77.8 cm³/mol. The summed E-state index contributed by atoms with van der Waals surface area (Å²) in [6.07, 6.45) is 3.53. The lowest BCUT2D eigenvalue weighted by Crippen LogP contribution is -2.30. The number of nitrogens with zero attached hydrogens (tertiary/aromatic N) is 2. The van der Waals surface area contributed by atoms with Gasteiger partial charge in [0.1, 0.15) is 6.17 Å². The van der Waals surface area contributed by atoms with Gasteiger partial charge in [-0.2, -0.15) is 5.10 Å². The van der Waals surface area contributed by atoms with Crippen LogP contribution in [0.4, 0.5) is 4.39 Å². The highest BCUT2D eigenvalue weighted by Gasteiger charge is 2.24. The van der Waals surface area contributed by atoms with E-state index in [2.05, 4.69) is 18.9 Å². The Morgan fingerprint density at radius 1 is 1.32 bits per heavy atom. The Hall–Kier alpha value is -0.900. The van der Waals surface area contributed by atoms with E-state index in [1.807, 2.05) is 30.8 Å². The van der Waals surface area contributed by atoms with E-state index in [0.717, 1.165) is 18.5 Å². The summed E-state index contributed by atoms with van der Waals surface area (Å²) in [5.74, 6) is 0.180. The quantitative estimate of drug-likeness (QED) is 0.786. The second-order valence-electron chi connectivity index (χ2n) is 5.62. The largest absolute Gasteiger partial charge is 0.330 e. The molecule has 1 aromatic rings. The maximum atomic E-state index is 14.2. The Bertz CT molecular complexity index is 358. The third-order valence-corrected chi connectivity index (χ3v) is 3.98. The second-order valence-corrected chi connectivity index (χ2v) is 5.62. The molecule has 0 saturated carbocycles. The lowest BCUT2D eigenvalue weighted by molar-refractivity contribution is 0.184. The smallest absolute Gasteiger partial charge is 0.110 e. The molecule has 1 heterocycles. The lowest BCUT2D eigenvalue weighted by atomic mass is 9.89. The molecule has 2 N–H and O–H groups in total. The van der Waals surface area contributed by atoms with Gasteiger partial charge in [-0.1, -0.05) is 27.7 Å². The first-order chi connectivity index (χ1) is 9.03. The Morgan fingerprint density at radius 3 is 2.42 bits per heavy atom. The van der Waals surface area contributed by atoms with E-state index in [9.17, 15) is 4.39 Å². The molecule has 2 atom stereocenters. The molecule has 0 radical (unpaired) electrons. The molecule has 19 heavy (non-hydrogen) atoms. The first kappa shape index (κ1) is 16.2. The molecule has 0 aliphatic heterocycles. The fourth-order valence-electron chi connectivity index (χ4n) is 2.54. The average Bonchev–Trinajstić information content (AvgIpc) is 2.79. The van der Waals surface area contributed by atoms with Crippen molar-refractivity contribution >= 4 is 0 Å². The summed E-state index contributed by atoms with van der Waals surface area (Å²) in [5.41, 5.74) is 6.49. The number of hydrogen-bond acceptors (Lipinski definition) is 2. The van der Waals surface area contributed by atoms with Crippen LogP contribution in [0.5, 0.6) is 0 Å². The van der Waals surface area contributed by atoms with Crippen molar-refractivity contribution in [3.63, 3.8) is 0 Å². The molecule has 3 nitrogen and oxygen atoms in total. The lowest BCUT2D eigenvalue weighted by Gasteiger charge is -2.22. The van der Waals surface area contributed by atoms with Gasteiger partial charge in [0.2, 0.25) is 0 Å². The number of alkyl halides is 1. The highest BCUT2D eigenvalue weighted by atomic mass is 19.1. The zero-order valence-corrected chi connectivity index (χ0v) is 12.6. The molecule has 2 unspecified atom stereocenters. The number of nitrogens with two attached hydrogens (primary N) is 1. The molecule has 0 aliphatic rings. The van der Waals surface area contributed by atoms with Crippen LogP contribution >= 0.6 is 0 Å². The topological polar surface area (TPSA) is 43.8 Å². The van der Waals surface area contributed by atoms with E-state index in [1.54, 1.807) is 0 Å². The number of rotatable bonds is 8. The first-order valence-electron chi connectivity index (χ1n) is 7.41. The summed E-state index contributed by atoms with van der Waals surface area (Å²) in [5, 5.41) is 4.50. The van der Waals surface area contributed by atoms with Gasteiger partial charge in [-0.3, -0.25) is 4.68 Å². The van der Waals surface area contributed by atoms with Crippen LogP contribution in [0.15, 0.2) is 12.3 Å².